The van der Waals surface area contributed by atoms with E-state index in [-0.39, 0.29) is 24.8 Å². The van der Waals surface area contributed by atoms with Crippen molar-refractivity contribution in [3.8, 4) is 0 Å². The molecule has 1 N–H and O–H groups in total. The molecule has 1 aliphatic rings. The van der Waals surface area contributed by atoms with Gasteiger partial charge in [0.15, 0.2) is 16.9 Å². The lowest BCUT2D eigenvalue weighted by atomic mass is 10.2. The first-order valence-corrected chi connectivity index (χ1v) is 7.98. The normalized spacial score (nSPS) is 18.6. The monoisotopic (exact) mass is 321 g/mol. The van der Waals surface area contributed by atoms with Gasteiger partial charge in [0.05, 0.1) is 18.7 Å². The fraction of sp³-hybridized carbons (Fsp3) is 0.357. The molecule has 1 saturated heterocycles. The van der Waals surface area contributed by atoms with Crippen molar-refractivity contribution in [2.24, 2.45) is 0 Å². The molecular formula is C14H15N3O4S. The number of carbonyl (C=O) groups is 2. The standard InChI is InChI=1S/C14H15N3O4S/c1-22-14-15-11(9-4-2-3-5-17(9)14)12(18)16-6-7-21-8-10(16)13(19)20/h2-5,10H,6-8H2,1H3,(H,19,20). The average molecular weight is 321 g/mol. The average Bonchev–Trinajstić information content (AvgIpc) is 2.93. The molecule has 22 heavy (non-hydrogen) atoms. The van der Waals surface area contributed by atoms with E-state index >= 15 is 0 Å². The van der Waals surface area contributed by atoms with E-state index in [0.717, 1.165) is 0 Å². The molecule has 1 unspecified atom stereocenters. The number of hydrogen-bond acceptors (Lipinski definition) is 5. The number of morpholine rings is 1. The van der Waals surface area contributed by atoms with E-state index in [1.165, 1.54) is 16.7 Å². The molecule has 116 valence electrons. The minimum atomic E-state index is -1.07. The summed E-state index contributed by atoms with van der Waals surface area (Å²) in [6, 6.07) is 4.51. The number of ether oxygens (including phenoxy) is 1. The van der Waals surface area contributed by atoms with Crippen molar-refractivity contribution >= 4 is 29.2 Å². The van der Waals surface area contributed by atoms with Crippen LogP contribution in [0.5, 0.6) is 0 Å². The Labute approximate surface area is 130 Å². The SMILES string of the molecule is CSc1nc(C(=O)N2CCOCC2C(=O)O)c2ccccn12. The highest BCUT2D eigenvalue weighted by Gasteiger charge is 2.35. The molecule has 8 heteroatoms. The third-order valence-corrected chi connectivity index (χ3v) is 4.23. The first-order valence-electron chi connectivity index (χ1n) is 6.76. The van der Waals surface area contributed by atoms with Crippen LogP contribution in [-0.2, 0) is 9.53 Å². The van der Waals surface area contributed by atoms with Gasteiger partial charge < -0.3 is 14.7 Å². The zero-order valence-corrected chi connectivity index (χ0v) is 12.7. The van der Waals surface area contributed by atoms with E-state index in [1.807, 2.05) is 29.0 Å². The van der Waals surface area contributed by atoms with Crippen LogP contribution >= 0.6 is 11.8 Å². The predicted molar refractivity (Wildman–Crippen MR) is 80.3 cm³/mol. The number of carboxylic acids is 1. The Morgan fingerprint density at radius 3 is 3.00 bits per heavy atom. The van der Waals surface area contributed by atoms with Gasteiger partial charge in [0.1, 0.15) is 0 Å². The minimum absolute atomic E-state index is 0.00222. The molecule has 0 saturated carbocycles. The second kappa shape index (κ2) is 5.98. The van der Waals surface area contributed by atoms with Crippen molar-refractivity contribution in [1.29, 1.82) is 0 Å². The number of aromatic nitrogens is 2. The molecule has 0 bridgehead atoms. The molecule has 0 aliphatic carbocycles. The molecule has 3 heterocycles. The third-order valence-electron chi connectivity index (χ3n) is 3.58. The molecule has 2 aromatic heterocycles. The molecule has 1 amide bonds. The number of amides is 1. The van der Waals surface area contributed by atoms with Crippen molar-refractivity contribution in [3.05, 3.63) is 30.1 Å². The largest absolute Gasteiger partial charge is 0.480 e. The number of pyridine rings is 1. The zero-order chi connectivity index (χ0) is 15.7. The highest BCUT2D eigenvalue weighted by atomic mass is 32.2. The Kier molecular flexibility index (Phi) is 4.04. The van der Waals surface area contributed by atoms with E-state index in [9.17, 15) is 14.7 Å². The van der Waals surface area contributed by atoms with Gasteiger partial charge in [0, 0.05) is 12.7 Å². The van der Waals surface area contributed by atoms with Gasteiger partial charge in [-0.1, -0.05) is 17.8 Å². The van der Waals surface area contributed by atoms with Crippen LogP contribution in [0.2, 0.25) is 0 Å². The maximum absolute atomic E-state index is 12.8. The van der Waals surface area contributed by atoms with Gasteiger partial charge in [-0.15, -0.1) is 0 Å². The van der Waals surface area contributed by atoms with Gasteiger partial charge in [0.25, 0.3) is 5.91 Å². The molecule has 0 spiro atoms. The molecule has 1 aliphatic heterocycles. The molecule has 0 aromatic carbocycles. The van der Waals surface area contributed by atoms with Crippen molar-refractivity contribution in [3.63, 3.8) is 0 Å². The molecule has 1 fully saturated rings. The summed E-state index contributed by atoms with van der Waals surface area (Å²) in [7, 11) is 0. The van der Waals surface area contributed by atoms with Crippen LogP contribution in [0, 0.1) is 0 Å². The van der Waals surface area contributed by atoms with Gasteiger partial charge in [-0.2, -0.15) is 0 Å². The summed E-state index contributed by atoms with van der Waals surface area (Å²) in [5.74, 6) is -1.44. The summed E-state index contributed by atoms with van der Waals surface area (Å²) in [6.45, 7) is 0.579. The van der Waals surface area contributed by atoms with Crippen LogP contribution in [0.4, 0.5) is 0 Å². The lowest BCUT2D eigenvalue weighted by Crippen LogP contribution is -2.52. The summed E-state index contributed by atoms with van der Waals surface area (Å²) in [5.41, 5.74) is 0.950. The Hall–Kier alpha value is -2.06. The topological polar surface area (TPSA) is 84.1 Å². The van der Waals surface area contributed by atoms with E-state index in [0.29, 0.717) is 17.3 Å². The summed E-state index contributed by atoms with van der Waals surface area (Å²) >= 11 is 1.43. The van der Waals surface area contributed by atoms with Crippen LogP contribution in [0.15, 0.2) is 29.6 Å². The van der Waals surface area contributed by atoms with E-state index in [2.05, 4.69) is 4.98 Å². The summed E-state index contributed by atoms with van der Waals surface area (Å²) in [6.07, 6.45) is 3.71. The van der Waals surface area contributed by atoms with Crippen LogP contribution in [-0.4, -0.2) is 63.3 Å². The second-order valence-corrected chi connectivity index (χ2v) is 5.60. The fourth-order valence-corrected chi connectivity index (χ4v) is 3.04. The number of carboxylic acid groups (broad SMARTS) is 1. The molecule has 2 aromatic rings. The van der Waals surface area contributed by atoms with Gasteiger partial charge in [-0.05, 0) is 18.4 Å². The maximum atomic E-state index is 12.8. The van der Waals surface area contributed by atoms with Crippen LogP contribution in [0.1, 0.15) is 10.5 Å². The zero-order valence-electron chi connectivity index (χ0n) is 11.9. The lowest BCUT2D eigenvalue weighted by molar-refractivity contribution is -0.147. The first kappa shape index (κ1) is 14.9. The lowest BCUT2D eigenvalue weighted by Gasteiger charge is -2.32. The molecule has 0 radical (unpaired) electrons. The Balaban J connectivity index is 2.03. The number of hydrogen-bond donors (Lipinski definition) is 1. The smallest absolute Gasteiger partial charge is 0.328 e. The maximum Gasteiger partial charge on any atom is 0.328 e. The van der Waals surface area contributed by atoms with Crippen LogP contribution in [0.25, 0.3) is 5.52 Å². The van der Waals surface area contributed by atoms with E-state index < -0.39 is 12.0 Å². The minimum Gasteiger partial charge on any atom is -0.480 e. The number of carbonyl (C=O) groups excluding carboxylic acids is 1. The Morgan fingerprint density at radius 1 is 1.45 bits per heavy atom. The third kappa shape index (κ3) is 2.44. The molecule has 3 rings (SSSR count). The molecule has 1 atom stereocenters. The van der Waals surface area contributed by atoms with Gasteiger partial charge in [0.2, 0.25) is 0 Å². The number of nitrogens with zero attached hydrogens (tertiary/aromatic N) is 3. The number of imidazole rings is 1. The number of rotatable bonds is 3. The van der Waals surface area contributed by atoms with Crippen LogP contribution < -0.4 is 0 Å². The van der Waals surface area contributed by atoms with Crippen molar-refractivity contribution in [2.75, 3.05) is 26.0 Å². The molecule has 7 nitrogen and oxygen atoms in total. The Bertz CT molecular complexity index is 730. The fourth-order valence-electron chi connectivity index (χ4n) is 2.50. The second-order valence-electron chi connectivity index (χ2n) is 4.83. The number of aliphatic carboxylic acids is 1. The predicted octanol–water partition coefficient (Wildman–Crippen LogP) is 0.982. The number of thioether (sulfide) groups is 1. The Morgan fingerprint density at radius 2 is 2.27 bits per heavy atom. The van der Waals surface area contributed by atoms with Crippen LogP contribution in [0.3, 0.4) is 0 Å². The van der Waals surface area contributed by atoms with Crippen molar-refractivity contribution in [1.82, 2.24) is 14.3 Å². The summed E-state index contributed by atoms with van der Waals surface area (Å²) in [5, 5.41) is 9.96. The number of fused-ring (bicyclic) bond motifs is 1. The van der Waals surface area contributed by atoms with E-state index in [1.54, 1.807) is 6.07 Å². The highest BCUT2D eigenvalue weighted by Crippen LogP contribution is 2.22. The van der Waals surface area contributed by atoms with Gasteiger partial charge in [-0.25, -0.2) is 9.78 Å². The van der Waals surface area contributed by atoms with Crippen molar-refractivity contribution in [2.45, 2.75) is 11.2 Å². The quantitative estimate of drug-likeness (QED) is 0.849. The van der Waals surface area contributed by atoms with Crippen molar-refractivity contribution < 1.29 is 19.4 Å². The highest BCUT2D eigenvalue weighted by molar-refractivity contribution is 7.98. The van der Waals surface area contributed by atoms with E-state index in [4.69, 9.17) is 4.74 Å². The summed E-state index contributed by atoms with van der Waals surface area (Å²) in [4.78, 5) is 29.8. The van der Waals surface area contributed by atoms with Gasteiger partial charge in [-0.3, -0.25) is 9.20 Å². The first-order chi connectivity index (χ1) is 10.6. The van der Waals surface area contributed by atoms with Gasteiger partial charge >= 0.3 is 5.97 Å². The molecular weight excluding hydrogens is 306 g/mol. The summed E-state index contributed by atoms with van der Waals surface area (Å²) < 4.78 is 7.00.